The van der Waals surface area contributed by atoms with E-state index >= 15 is 0 Å². The van der Waals surface area contributed by atoms with Crippen LogP contribution in [0.1, 0.15) is 72.1 Å². The molecule has 0 saturated heterocycles. The van der Waals surface area contributed by atoms with E-state index in [-0.39, 0.29) is 16.6 Å². The van der Waals surface area contributed by atoms with Crippen LogP contribution in [0.2, 0.25) is 0 Å². The lowest BCUT2D eigenvalue weighted by Gasteiger charge is -2.30. The molecule has 0 aliphatic heterocycles. The molecule has 0 unspecified atom stereocenters. The van der Waals surface area contributed by atoms with Crippen molar-refractivity contribution >= 4 is 19.5 Å². The second-order valence-electron chi connectivity index (χ2n) is 9.77. The fourth-order valence-electron chi connectivity index (χ4n) is 3.12. The van der Waals surface area contributed by atoms with E-state index in [0.717, 1.165) is 22.4 Å². The molecule has 164 valence electrons. The SMILES string of the molecule is COc1c(C(C)(C)C)cc(C=CC(=O)C(C)(C)P(=O)(OC)OC)cc1C(C)(C)C. The van der Waals surface area contributed by atoms with Crippen molar-refractivity contribution in [3.8, 4) is 5.75 Å². The van der Waals surface area contributed by atoms with E-state index in [1.54, 1.807) is 27.0 Å². The molecule has 0 atom stereocenters. The lowest BCUT2D eigenvalue weighted by Crippen LogP contribution is -2.31. The Morgan fingerprint density at radius 3 is 1.59 bits per heavy atom. The average Bonchev–Trinajstić information content (AvgIpc) is 2.62. The molecule has 0 amide bonds. The fraction of sp³-hybridized carbons (Fsp3) is 0.609. The molecule has 1 rings (SSSR count). The van der Waals surface area contributed by atoms with Gasteiger partial charge >= 0.3 is 7.60 Å². The third kappa shape index (κ3) is 5.39. The van der Waals surface area contributed by atoms with Crippen molar-refractivity contribution in [1.29, 1.82) is 0 Å². The second kappa shape index (κ2) is 8.75. The average molecular weight is 425 g/mol. The first kappa shape index (κ1) is 25.6. The van der Waals surface area contributed by atoms with Gasteiger partial charge in [0.25, 0.3) is 0 Å². The predicted octanol–water partition coefficient (Wildman–Crippen LogP) is 6.14. The van der Waals surface area contributed by atoms with Crippen LogP contribution in [0, 0.1) is 0 Å². The summed E-state index contributed by atoms with van der Waals surface area (Å²) in [7, 11) is 0.700. The van der Waals surface area contributed by atoms with Crippen LogP contribution in [0.3, 0.4) is 0 Å². The molecular formula is C23H37O5P. The summed E-state index contributed by atoms with van der Waals surface area (Å²) < 4.78 is 28.6. The third-order valence-electron chi connectivity index (χ3n) is 5.13. The standard InChI is InChI=1S/C23H37O5P/c1-21(2,3)17-14-16(15-18(20(17)26-9)22(4,5)6)12-13-19(24)23(7,8)29(25,27-10)28-11/h12-15H,1-11H3. The summed E-state index contributed by atoms with van der Waals surface area (Å²) >= 11 is 0. The highest BCUT2D eigenvalue weighted by molar-refractivity contribution is 7.56. The zero-order valence-electron chi connectivity index (χ0n) is 19.8. The Balaban J connectivity index is 3.53. The minimum absolute atomic E-state index is 0.139. The van der Waals surface area contributed by atoms with E-state index in [9.17, 15) is 9.36 Å². The van der Waals surface area contributed by atoms with Crippen molar-refractivity contribution in [2.75, 3.05) is 21.3 Å². The normalized spacial score (nSPS) is 13.8. The number of benzene rings is 1. The molecule has 0 aliphatic rings. The van der Waals surface area contributed by atoms with Crippen LogP contribution in [0.4, 0.5) is 0 Å². The molecule has 0 fully saturated rings. The molecule has 0 N–H and O–H groups in total. The minimum Gasteiger partial charge on any atom is -0.496 e. The summed E-state index contributed by atoms with van der Waals surface area (Å²) in [6, 6.07) is 4.08. The molecule has 1 aromatic carbocycles. The number of ketones is 1. The first-order valence-electron chi connectivity index (χ1n) is 9.72. The second-order valence-corrected chi connectivity index (χ2v) is 12.6. The van der Waals surface area contributed by atoms with Gasteiger partial charge in [-0.15, -0.1) is 0 Å². The van der Waals surface area contributed by atoms with Gasteiger partial charge in [-0.2, -0.15) is 0 Å². The summed E-state index contributed by atoms with van der Waals surface area (Å²) in [5.41, 5.74) is 2.74. The van der Waals surface area contributed by atoms with Crippen molar-refractivity contribution < 1.29 is 23.1 Å². The number of carbonyl (C=O) groups excluding carboxylic acids is 1. The Morgan fingerprint density at radius 1 is 0.862 bits per heavy atom. The van der Waals surface area contributed by atoms with Crippen molar-refractivity contribution in [1.82, 2.24) is 0 Å². The molecular weight excluding hydrogens is 387 g/mol. The van der Waals surface area contributed by atoms with Gasteiger partial charge in [0.05, 0.1) is 7.11 Å². The van der Waals surface area contributed by atoms with E-state index in [1.165, 1.54) is 20.3 Å². The van der Waals surface area contributed by atoms with Crippen molar-refractivity contribution in [3.63, 3.8) is 0 Å². The summed E-state index contributed by atoms with van der Waals surface area (Å²) in [6.45, 7) is 15.9. The quantitative estimate of drug-likeness (QED) is 0.389. The molecule has 29 heavy (non-hydrogen) atoms. The van der Waals surface area contributed by atoms with Gasteiger partial charge in [0.1, 0.15) is 10.9 Å². The smallest absolute Gasteiger partial charge is 0.343 e. The minimum atomic E-state index is -3.57. The van der Waals surface area contributed by atoms with Gasteiger partial charge in [-0.25, -0.2) is 0 Å². The van der Waals surface area contributed by atoms with Gasteiger partial charge in [0, 0.05) is 25.3 Å². The maximum absolute atomic E-state index is 12.8. The summed E-state index contributed by atoms with van der Waals surface area (Å²) in [6.07, 6.45) is 3.20. The van der Waals surface area contributed by atoms with E-state index in [1.807, 2.05) is 12.1 Å². The van der Waals surface area contributed by atoms with Gasteiger partial charge in [-0.3, -0.25) is 9.36 Å². The zero-order chi connectivity index (χ0) is 22.8. The largest absolute Gasteiger partial charge is 0.496 e. The Labute approximate surface area is 176 Å². The summed E-state index contributed by atoms with van der Waals surface area (Å²) in [5.74, 6) is 0.548. The van der Waals surface area contributed by atoms with Gasteiger partial charge in [-0.1, -0.05) is 47.6 Å². The van der Waals surface area contributed by atoms with Crippen molar-refractivity contribution in [2.45, 2.75) is 71.4 Å². The Hall–Kier alpha value is -1.42. The summed E-state index contributed by atoms with van der Waals surface area (Å²) in [4.78, 5) is 12.8. The van der Waals surface area contributed by atoms with Crippen LogP contribution >= 0.6 is 7.60 Å². The maximum atomic E-state index is 12.8. The van der Waals surface area contributed by atoms with Gasteiger partial charge in [-0.05, 0) is 48.4 Å². The molecule has 5 nitrogen and oxygen atoms in total. The Bertz CT molecular complexity index is 780. The molecule has 0 heterocycles. The molecule has 1 aromatic rings. The number of ether oxygens (including phenoxy) is 1. The van der Waals surface area contributed by atoms with E-state index in [0.29, 0.717) is 0 Å². The molecule has 0 saturated carbocycles. The lowest BCUT2D eigenvalue weighted by molar-refractivity contribution is -0.116. The molecule has 0 aromatic heterocycles. The van der Waals surface area contributed by atoms with Crippen LogP contribution in [0.5, 0.6) is 5.75 Å². The number of allylic oxidation sites excluding steroid dienone is 1. The first-order chi connectivity index (χ1) is 13.0. The maximum Gasteiger partial charge on any atom is 0.343 e. The monoisotopic (exact) mass is 424 g/mol. The van der Waals surface area contributed by atoms with Gasteiger partial charge < -0.3 is 13.8 Å². The van der Waals surface area contributed by atoms with Crippen LogP contribution in [0.15, 0.2) is 18.2 Å². The number of rotatable bonds is 7. The highest BCUT2D eigenvalue weighted by atomic mass is 31.2. The Morgan fingerprint density at radius 2 is 1.28 bits per heavy atom. The predicted molar refractivity (Wildman–Crippen MR) is 120 cm³/mol. The van der Waals surface area contributed by atoms with E-state index in [2.05, 4.69) is 41.5 Å². The topological polar surface area (TPSA) is 61.8 Å². The Kier molecular flexibility index (Phi) is 7.73. The van der Waals surface area contributed by atoms with Crippen molar-refractivity contribution in [2.24, 2.45) is 0 Å². The molecule has 0 spiro atoms. The first-order valence-corrected chi connectivity index (χ1v) is 11.3. The number of carbonyl (C=O) groups is 1. The van der Waals surface area contributed by atoms with Crippen LogP contribution in [-0.2, 0) is 29.2 Å². The lowest BCUT2D eigenvalue weighted by atomic mass is 9.78. The van der Waals surface area contributed by atoms with Crippen LogP contribution in [-0.4, -0.2) is 32.3 Å². The van der Waals surface area contributed by atoms with Gasteiger partial charge in [0.15, 0.2) is 5.78 Å². The van der Waals surface area contributed by atoms with Crippen LogP contribution < -0.4 is 4.74 Å². The zero-order valence-corrected chi connectivity index (χ0v) is 20.7. The molecule has 0 radical (unpaired) electrons. The van der Waals surface area contributed by atoms with Crippen LogP contribution in [0.25, 0.3) is 6.08 Å². The van der Waals surface area contributed by atoms with E-state index < -0.39 is 12.8 Å². The van der Waals surface area contributed by atoms with Gasteiger partial charge in [0.2, 0.25) is 0 Å². The number of hydrogen-bond acceptors (Lipinski definition) is 5. The highest BCUT2D eigenvalue weighted by Crippen LogP contribution is 2.59. The fourth-order valence-corrected chi connectivity index (χ4v) is 4.53. The third-order valence-corrected chi connectivity index (χ3v) is 7.68. The molecule has 0 bridgehead atoms. The number of methoxy groups -OCH3 is 1. The number of hydrogen-bond donors (Lipinski definition) is 0. The van der Waals surface area contributed by atoms with E-state index in [4.69, 9.17) is 13.8 Å². The molecule has 6 heteroatoms. The van der Waals surface area contributed by atoms with Crippen molar-refractivity contribution in [3.05, 3.63) is 34.9 Å². The summed E-state index contributed by atoms with van der Waals surface area (Å²) in [5, 5.41) is -1.29. The molecule has 0 aliphatic carbocycles. The highest BCUT2D eigenvalue weighted by Gasteiger charge is 2.47.